The van der Waals surface area contributed by atoms with Crippen LogP contribution < -0.4 is 16.0 Å². The zero-order valence-corrected chi connectivity index (χ0v) is 11.4. The van der Waals surface area contributed by atoms with Crippen LogP contribution >= 0.6 is 11.6 Å². The molecule has 0 saturated heterocycles. The summed E-state index contributed by atoms with van der Waals surface area (Å²) < 4.78 is 5.26. The third kappa shape index (κ3) is 3.44. The molecule has 0 aliphatic heterocycles. The van der Waals surface area contributed by atoms with E-state index in [2.05, 4.69) is 10.4 Å². The van der Waals surface area contributed by atoms with Gasteiger partial charge in [0.2, 0.25) is 5.88 Å². The van der Waals surface area contributed by atoms with Crippen LogP contribution in [0.3, 0.4) is 0 Å². The molecule has 0 spiro atoms. The Bertz CT molecular complexity index is 548. The highest BCUT2D eigenvalue weighted by atomic mass is 35.5. The van der Waals surface area contributed by atoms with Crippen molar-refractivity contribution in [1.82, 2.24) is 10.4 Å². The summed E-state index contributed by atoms with van der Waals surface area (Å²) in [6.07, 6.45) is 2.40. The minimum absolute atomic E-state index is 0.0814. The minimum Gasteiger partial charge on any atom is -0.481 e. The molecule has 1 atom stereocenters. The van der Waals surface area contributed by atoms with E-state index in [9.17, 15) is 0 Å². The van der Waals surface area contributed by atoms with Crippen molar-refractivity contribution >= 4 is 11.6 Å². The van der Waals surface area contributed by atoms with Gasteiger partial charge in [-0.3, -0.25) is 11.3 Å². The highest BCUT2D eigenvalue weighted by Crippen LogP contribution is 2.25. The van der Waals surface area contributed by atoms with E-state index in [4.69, 9.17) is 22.2 Å². The fraction of sp³-hybridized carbons (Fsp3) is 0.214. The highest BCUT2D eigenvalue weighted by Gasteiger charge is 2.16. The Labute approximate surface area is 117 Å². The molecule has 0 bridgehead atoms. The normalized spacial score (nSPS) is 12.2. The summed E-state index contributed by atoms with van der Waals surface area (Å²) in [6.45, 7) is 0. The predicted octanol–water partition coefficient (Wildman–Crippen LogP) is 2.49. The first kappa shape index (κ1) is 13.8. The molecule has 2 rings (SSSR count). The molecule has 0 aliphatic carbocycles. The van der Waals surface area contributed by atoms with E-state index in [0.29, 0.717) is 17.3 Å². The Morgan fingerprint density at radius 1 is 1.37 bits per heavy atom. The zero-order chi connectivity index (χ0) is 13.7. The number of nitrogens with zero attached hydrogens (tertiary/aromatic N) is 1. The number of methoxy groups -OCH3 is 1. The molecule has 1 aromatic carbocycles. The monoisotopic (exact) mass is 277 g/mol. The molecule has 19 heavy (non-hydrogen) atoms. The molecule has 1 unspecified atom stereocenters. The predicted molar refractivity (Wildman–Crippen MR) is 76.0 cm³/mol. The van der Waals surface area contributed by atoms with Gasteiger partial charge in [0.05, 0.1) is 13.2 Å². The summed E-state index contributed by atoms with van der Waals surface area (Å²) in [7, 11) is 1.60. The van der Waals surface area contributed by atoms with E-state index < -0.39 is 0 Å². The van der Waals surface area contributed by atoms with Crippen LogP contribution in [0.25, 0.3) is 0 Å². The van der Waals surface area contributed by atoms with Crippen molar-refractivity contribution < 1.29 is 4.74 Å². The summed E-state index contributed by atoms with van der Waals surface area (Å²) in [6, 6.07) is 11.4. The van der Waals surface area contributed by atoms with Gasteiger partial charge in [-0.2, -0.15) is 0 Å². The van der Waals surface area contributed by atoms with Crippen molar-refractivity contribution in [3.05, 3.63) is 58.7 Å². The van der Waals surface area contributed by atoms with Gasteiger partial charge in [0.15, 0.2) is 0 Å². The second-order valence-corrected chi connectivity index (χ2v) is 4.59. The van der Waals surface area contributed by atoms with Crippen LogP contribution in [0.4, 0.5) is 0 Å². The molecular formula is C14H16ClN3O. The van der Waals surface area contributed by atoms with Crippen LogP contribution in [-0.4, -0.2) is 12.1 Å². The van der Waals surface area contributed by atoms with E-state index in [1.54, 1.807) is 13.3 Å². The Kier molecular flexibility index (Phi) is 4.74. The number of aromatic nitrogens is 1. The van der Waals surface area contributed by atoms with Crippen LogP contribution in [0.2, 0.25) is 5.02 Å². The van der Waals surface area contributed by atoms with E-state index in [1.807, 2.05) is 36.4 Å². The number of hydrogen-bond acceptors (Lipinski definition) is 4. The van der Waals surface area contributed by atoms with Crippen molar-refractivity contribution in [2.24, 2.45) is 5.84 Å². The molecule has 0 aliphatic rings. The quantitative estimate of drug-likeness (QED) is 0.651. The fourth-order valence-corrected chi connectivity index (χ4v) is 2.21. The van der Waals surface area contributed by atoms with Crippen LogP contribution in [0.15, 0.2) is 42.6 Å². The first-order valence-electron chi connectivity index (χ1n) is 5.94. The fourth-order valence-electron chi connectivity index (χ4n) is 2.00. The molecule has 1 aromatic heterocycles. The SMILES string of the molecule is COc1ncccc1C(Cc1cccc(Cl)c1)NN. The standard InChI is InChI=1S/C14H16ClN3O/c1-19-14-12(6-3-7-17-14)13(18-16)9-10-4-2-5-11(15)8-10/h2-8,13,18H,9,16H2,1H3. The number of ether oxygens (including phenoxy) is 1. The molecule has 3 N–H and O–H groups in total. The molecule has 1 heterocycles. The molecule has 0 fully saturated rings. The van der Waals surface area contributed by atoms with Crippen molar-refractivity contribution in [2.75, 3.05) is 7.11 Å². The molecule has 100 valence electrons. The van der Waals surface area contributed by atoms with Crippen molar-refractivity contribution in [1.29, 1.82) is 0 Å². The van der Waals surface area contributed by atoms with E-state index in [1.165, 1.54) is 0 Å². The third-order valence-electron chi connectivity index (χ3n) is 2.90. The Morgan fingerprint density at radius 3 is 2.89 bits per heavy atom. The Morgan fingerprint density at radius 2 is 2.21 bits per heavy atom. The Hall–Kier alpha value is -1.62. The summed E-state index contributed by atoms with van der Waals surface area (Å²) in [5.74, 6) is 6.22. The lowest BCUT2D eigenvalue weighted by molar-refractivity contribution is 0.382. The number of pyridine rings is 1. The molecule has 2 aromatic rings. The number of hydrogen-bond donors (Lipinski definition) is 2. The van der Waals surface area contributed by atoms with Gasteiger partial charge in [0.25, 0.3) is 0 Å². The first-order valence-corrected chi connectivity index (χ1v) is 6.32. The summed E-state index contributed by atoms with van der Waals surface area (Å²) in [5.41, 5.74) is 4.82. The van der Waals surface area contributed by atoms with Crippen LogP contribution in [0, 0.1) is 0 Å². The second kappa shape index (κ2) is 6.52. The summed E-state index contributed by atoms with van der Waals surface area (Å²) in [4.78, 5) is 4.18. The number of halogens is 1. The maximum Gasteiger partial charge on any atom is 0.217 e. The average Bonchev–Trinajstić information content (AvgIpc) is 2.45. The van der Waals surface area contributed by atoms with Gasteiger partial charge < -0.3 is 4.74 Å². The first-order chi connectivity index (χ1) is 9.24. The van der Waals surface area contributed by atoms with Crippen LogP contribution in [0.5, 0.6) is 5.88 Å². The van der Waals surface area contributed by atoms with Gasteiger partial charge in [-0.1, -0.05) is 29.8 Å². The van der Waals surface area contributed by atoms with Crippen molar-refractivity contribution in [3.8, 4) is 5.88 Å². The van der Waals surface area contributed by atoms with Crippen molar-refractivity contribution in [3.63, 3.8) is 0 Å². The number of hydrazine groups is 1. The maximum absolute atomic E-state index is 5.99. The van der Waals surface area contributed by atoms with Gasteiger partial charge in [-0.25, -0.2) is 4.98 Å². The van der Waals surface area contributed by atoms with Gasteiger partial charge in [-0.15, -0.1) is 0 Å². The zero-order valence-electron chi connectivity index (χ0n) is 10.6. The second-order valence-electron chi connectivity index (χ2n) is 4.16. The molecule has 0 amide bonds. The van der Waals surface area contributed by atoms with Gasteiger partial charge in [0, 0.05) is 16.8 Å². The third-order valence-corrected chi connectivity index (χ3v) is 3.13. The Balaban J connectivity index is 2.25. The van der Waals surface area contributed by atoms with E-state index >= 15 is 0 Å². The lowest BCUT2D eigenvalue weighted by Crippen LogP contribution is -2.30. The average molecular weight is 278 g/mol. The lowest BCUT2D eigenvalue weighted by Gasteiger charge is -2.18. The lowest BCUT2D eigenvalue weighted by atomic mass is 10.0. The largest absolute Gasteiger partial charge is 0.481 e. The van der Waals surface area contributed by atoms with Crippen LogP contribution in [0.1, 0.15) is 17.2 Å². The molecular weight excluding hydrogens is 262 g/mol. The number of nitrogens with one attached hydrogen (secondary N) is 1. The number of nitrogens with two attached hydrogens (primary N) is 1. The number of rotatable bonds is 5. The molecule has 5 heteroatoms. The highest BCUT2D eigenvalue weighted by molar-refractivity contribution is 6.30. The van der Waals surface area contributed by atoms with Crippen LogP contribution in [-0.2, 0) is 6.42 Å². The molecule has 0 saturated carbocycles. The smallest absolute Gasteiger partial charge is 0.217 e. The van der Waals surface area contributed by atoms with Gasteiger partial charge >= 0.3 is 0 Å². The summed E-state index contributed by atoms with van der Waals surface area (Å²) >= 11 is 5.99. The van der Waals surface area contributed by atoms with Gasteiger partial charge in [0.1, 0.15) is 0 Å². The van der Waals surface area contributed by atoms with Gasteiger partial charge in [-0.05, 0) is 30.2 Å². The molecule has 4 nitrogen and oxygen atoms in total. The van der Waals surface area contributed by atoms with Crippen molar-refractivity contribution in [2.45, 2.75) is 12.5 Å². The topological polar surface area (TPSA) is 60.2 Å². The minimum atomic E-state index is -0.0814. The van der Waals surface area contributed by atoms with E-state index in [-0.39, 0.29) is 6.04 Å². The number of benzene rings is 1. The summed E-state index contributed by atoms with van der Waals surface area (Å²) in [5, 5.41) is 0.714. The van der Waals surface area contributed by atoms with E-state index in [0.717, 1.165) is 11.1 Å². The molecule has 0 radical (unpaired) electrons. The maximum atomic E-state index is 5.99.